The van der Waals surface area contributed by atoms with Gasteiger partial charge >= 0.3 is 0 Å². The minimum absolute atomic E-state index is 0.0643. The maximum atomic E-state index is 10.8. The second kappa shape index (κ2) is 7.78. The topological polar surface area (TPSA) is 172 Å². The summed E-state index contributed by atoms with van der Waals surface area (Å²) < 4.78 is 6.96. The van der Waals surface area contributed by atoms with Crippen molar-refractivity contribution < 1.29 is 25.2 Å². The highest BCUT2D eigenvalue weighted by atomic mass is 16.6. The van der Waals surface area contributed by atoms with Crippen LogP contribution in [0.3, 0.4) is 0 Å². The number of fused-ring (bicyclic) bond motifs is 1. The third-order valence-corrected chi connectivity index (χ3v) is 5.01. The highest BCUT2D eigenvalue weighted by molar-refractivity contribution is 5.83. The molecule has 11 heteroatoms. The normalized spacial score (nSPS) is 26.0. The lowest BCUT2D eigenvalue weighted by atomic mass is 10.0. The monoisotopic (exact) mass is 416 g/mol. The summed E-state index contributed by atoms with van der Waals surface area (Å²) in [6.45, 7) is 1.14. The quantitative estimate of drug-likeness (QED) is 0.285. The number of nitrogens with zero attached hydrogens (tertiary/aromatic N) is 4. The van der Waals surface area contributed by atoms with Gasteiger partial charge in [-0.3, -0.25) is 4.57 Å². The summed E-state index contributed by atoms with van der Waals surface area (Å²) >= 11 is 0. The zero-order valence-corrected chi connectivity index (χ0v) is 16.3. The highest BCUT2D eigenvalue weighted by Crippen LogP contribution is 2.32. The number of ether oxygens (including phenoxy) is 1. The molecule has 4 rings (SSSR count). The van der Waals surface area contributed by atoms with Gasteiger partial charge in [0.2, 0.25) is 5.95 Å². The van der Waals surface area contributed by atoms with Crippen LogP contribution in [0, 0.1) is 0 Å². The van der Waals surface area contributed by atoms with E-state index in [4.69, 9.17) is 10.5 Å². The summed E-state index contributed by atoms with van der Waals surface area (Å²) in [6.07, 6.45) is -2.86. The Balaban J connectivity index is 1.64. The van der Waals surface area contributed by atoms with Gasteiger partial charge in [0.25, 0.3) is 0 Å². The molecule has 0 saturated carbocycles. The molecule has 0 radical (unpaired) electrons. The van der Waals surface area contributed by atoms with Crippen molar-refractivity contribution in [1.82, 2.24) is 19.5 Å². The Morgan fingerprint density at radius 3 is 2.60 bits per heavy atom. The largest absolute Gasteiger partial charge is 0.394 e. The summed E-state index contributed by atoms with van der Waals surface area (Å²) in [7, 11) is 0. The van der Waals surface area contributed by atoms with Crippen LogP contribution < -0.4 is 11.1 Å². The zero-order chi connectivity index (χ0) is 21.5. The number of anilines is 2. The molecule has 2 aromatic heterocycles. The molecule has 0 amide bonds. The zero-order valence-electron chi connectivity index (χ0n) is 16.3. The molecule has 1 saturated heterocycles. The van der Waals surface area contributed by atoms with Crippen LogP contribution >= 0.6 is 0 Å². The molecule has 1 fully saturated rings. The van der Waals surface area contributed by atoms with Crippen LogP contribution in [-0.4, -0.2) is 70.6 Å². The van der Waals surface area contributed by atoms with E-state index < -0.39 is 36.9 Å². The Bertz CT molecular complexity index is 1030. The molecular formula is C19H24N6O5. The smallest absolute Gasteiger partial charge is 0.229 e. The third kappa shape index (κ3) is 3.80. The standard InChI is InChI=1S/C19H24N6O5/c1-19(29,7-10-5-3-2-4-6-10)24-18-22-15(20)12-16(23-18)25(9-21-12)17-14(28)13(27)11(8-26)30-17/h2-6,9,11,13-14,17,26-29H,7-8H2,1H3,(H3,20,22,23,24)/t11-,13?,14?,17-,19+/m1/s1. The predicted octanol–water partition coefficient (Wildman–Crippen LogP) is -0.617. The summed E-state index contributed by atoms with van der Waals surface area (Å²) in [5, 5.41) is 43.3. The Kier molecular flexibility index (Phi) is 5.30. The second-order valence-corrected chi connectivity index (χ2v) is 7.55. The summed E-state index contributed by atoms with van der Waals surface area (Å²) in [6, 6.07) is 9.44. The summed E-state index contributed by atoms with van der Waals surface area (Å²) in [4.78, 5) is 12.7. The number of aliphatic hydroxyl groups excluding tert-OH is 3. The molecule has 0 spiro atoms. The van der Waals surface area contributed by atoms with Gasteiger partial charge in [0.1, 0.15) is 29.6 Å². The van der Waals surface area contributed by atoms with E-state index in [2.05, 4.69) is 20.3 Å². The Morgan fingerprint density at radius 2 is 1.93 bits per heavy atom. The fourth-order valence-electron chi connectivity index (χ4n) is 3.57. The van der Waals surface area contributed by atoms with Crippen molar-refractivity contribution >= 4 is 22.9 Å². The first-order valence-corrected chi connectivity index (χ1v) is 9.46. The molecule has 30 heavy (non-hydrogen) atoms. The third-order valence-electron chi connectivity index (χ3n) is 5.01. The van der Waals surface area contributed by atoms with Gasteiger partial charge in [-0.1, -0.05) is 30.3 Å². The average Bonchev–Trinajstić information content (AvgIpc) is 3.23. The molecule has 1 aromatic carbocycles. The van der Waals surface area contributed by atoms with Gasteiger partial charge in [-0.05, 0) is 12.5 Å². The molecule has 3 heterocycles. The van der Waals surface area contributed by atoms with E-state index in [0.717, 1.165) is 5.56 Å². The van der Waals surface area contributed by atoms with Gasteiger partial charge in [-0.25, -0.2) is 4.98 Å². The van der Waals surface area contributed by atoms with Crippen LogP contribution in [0.1, 0.15) is 18.7 Å². The van der Waals surface area contributed by atoms with Gasteiger partial charge in [-0.2, -0.15) is 9.97 Å². The van der Waals surface area contributed by atoms with Gasteiger partial charge in [-0.15, -0.1) is 0 Å². The molecule has 0 aliphatic carbocycles. The number of rotatable bonds is 6. The van der Waals surface area contributed by atoms with Gasteiger partial charge in [0.05, 0.1) is 12.9 Å². The number of aliphatic hydroxyl groups is 4. The minimum Gasteiger partial charge on any atom is -0.394 e. The van der Waals surface area contributed by atoms with Crippen molar-refractivity contribution in [2.24, 2.45) is 0 Å². The van der Waals surface area contributed by atoms with Crippen molar-refractivity contribution in [3.63, 3.8) is 0 Å². The first-order valence-electron chi connectivity index (χ1n) is 9.46. The van der Waals surface area contributed by atoms with Crippen molar-refractivity contribution in [1.29, 1.82) is 0 Å². The van der Waals surface area contributed by atoms with Crippen LogP contribution in [0.25, 0.3) is 11.2 Å². The minimum atomic E-state index is -1.37. The van der Waals surface area contributed by atoms with Crippen LogP contribution in [0.2, 0.25) is 0 Å². The number of imidazole rings is 1. The van der Waals surface area contributed by atoms with Crippen molar-refractivity contribution in [2.75, 3.05) is 17.7 Å². The summed E-state index contributed by atoms with van der Waals surface area (Å²) in [5.74, 6) is 0.137. The van der Waals surface area contributed by atoms with E-state index in [1.165, 1.54) is 10.9 Å². The van der Waals surface area contributed by atoms with Gasteiger partial charge < -0.3 is 36.2 Å². The Labute approximate surface area is 171 Å². The predicted molar refractivity (Wildman–Crippen MR) is 107 cm³/mol. The molecule has 1 aliphatic heterocycles. The number of hydrogen-bond acceptors (Lipinski definition) is 10. The lowest BCUT2D eigenvalue weighted by Gasteiger charge is -2.25. The molecule has 1 aliphatic rings. The lowest BCUT2D eigenvalue weighted by molar-refractivity contribution is -0.0511. The average molecular weight is 416 g/mol. The van der Waals surface area contributed by atoms with Gasteiger partial charge in [0, 0.05) is 6.42 Å². The molecule has 3 aromatic rings. The molecule has 11 nitrogen and oxygen atoms in total. The molecule has 7 N–H and O–H groups in total. The SMILES string of the molecule is C[C@](O)(Cc1ccccc1)Nc1nc(N)c2ncn([C@@H]3O[C@H](CO)C(O)C3O)c2n1. The Hall–Kier alpha value is -2.83. The molecule has 2 unspecified atom stereocenters. The first-order chi connectivity index (χ1) is 14.3. The van der Waals surface area contributed by atoms with E-state index in [9.17, 15) is 20.4 Å². The van der Waals surface area contributed by atoms with Gasteiger partial charge in [0.15, 0.2) is 17.7 Å². The van der Waals surface area contributed by atoms with Crippen LogP contribution in [0.5, 0.6) is 0 Å². The molecule has 0 bridgehead atoms. The second-order valence-electron chi connectivity index (χ2n) is 7.55. The van der Waals surface area contributed by atoms with Crippen LogP contribution in [0.4, 0.5) is 11.8 Å². The fraction of sp³-hybridized carbons (Fsp3) is 0.421. The number of nitrogens with one attached hydrogen (secondary N) is 1. The lowest BCUT2D eigenvalue weighted by Crippen LogP contribution is -2.37. The number of nitrogen functional groups attached to an aromatic ring is 1. The number of nitrogens with two attached hydrogens (primary N) is 1. The maximum absolute atomic E-state index is 10.8. The van der Waals surface area contributed by atoms with Crippen molar-refractivity contribution in [3.8, 4) is 0 Å². The van der Waals surface area contributed by atoms with Crippen molar-refractivity contribution in [2.45, 2.75) is 43.6 Å². The molecule has 5 atom stereocenters. The number of hydrogen-bond donors (Lipinski definition) is 6. The van der Waals surface area contributed by atoms with E-state index in [1.807, 2.05) is 30.3 Å². The van der Waals surface area contributed by atoms with Crippen molar-refractivity contribution in [3.05, 3.63) is 42.2 Å². The van der Waals surface area contributed by atoms with E-state index in [-0.39, 0.29) is 22.9 Å². The molecule has 160 valence electrons. The summed E-state index contributed by atoms with van der Waals surface area (Å²) in [5.41, 5.74) is 6.09. The molecular weight excluding hydrogens is 392 g/mol. The highest BCUT2D eigenvalue weighted by Gasteiger charge is 2.44. The van der Waals surface area contributed by atoms with Crippen LogP contribution in [-0.2, 0) is 11.2 Å². The van der Waals surface area contributed by atoms with E-state index >= 15 is 0 Å². The number of benzene rings is 1. The Morgan fingerprint density at radius 1 is 1.20 bits per heavy atom. The number of aromatic nitrogens is 4. The first kappa shape index (κ1) is 20.4. The van der Waals surface area contributed by atoms with E-state index in [0.29, 0.717) is 6.42 Å². The van der Waals surface area contributed by atoms with Crippen LogP contribution in [0.15, 0.2) is 36.7 Å². The van der Waals surface area contributed by atoms with E-state index in [1.54, 1.807) is 6.92 Å². The fourth-order valence-corrected chi connectivity index (χ4v) is 3.57. The maximum Gasteiger partial charge on any atom is 0.229 e.